The van der Waals surface area contributed by atoms with Gasteiger partial charge in [-0.2, -0.15) is 0 Å². The highest BCUT2D eigenvalue weighted by Gasteiger charge is 2.21. The van der Waals surface area contributed by atoms with Crippen LogP contribution in [0.5, 0.6) is 0 Å². The monoisotopic (exact) mass is 199 g/mol. The number of ether oxygens (including phenoxy) is 1. The first-order valence-electron chi connectivity index (χ1n) is 5.26. The van der Waals surface area contributed by atoms with Crippen LogP contribution < -0.4 is 5.73 Å². The van der Waals surface area contributed by atoms with Gasteiger partial charge in [-0.25, -0.2) is 0 Å². The average molecular weight is 199 g/mol. The maximum atomic E-state index is 7.11. The summed E-state index contributed by atoms with van der Waals surface area (Å²) >= 11 is 0. The molecule has 0 aromatic heterocycles. The maximum absolute atomic E-state index is 7.11. The van der Waals surface area contributed by atoms with Gasteiger partial charge in [-0.05, 0) is 31.8 Å². The Hall–Kier alpha value is -0.610. The lowest BCUT2D eigenvalue weighted by molar-refractivity contribution is 0.153. The summed E-state index contributed by atoms with van der Waals surface area (Å²) in [6.45, 7) is 4.26. The number of nitrogens with zero attached hydrogens (tertiary/aromatic N) is 1. The van der Waals surface area contributed by atoms with Crippen molar-refractivity contribution in [3.63, 3.8) is 0 Å². The number of nitrogens with two attached hydrogens (primary N) is 1. The van der Waals surface area contributed by atoms with Gasteiger partial charge in [0.15, 0.2) is 0 Å². The van der Waals surface area contributed by atoms with E-state index in [2.05, 4.69) is 4.90 Å². The average Bonchev–Trinajstić information content (AvgIpc) is 2.53. The third-order valence-corrected chi connectivity index (χ3v) is 2.69. The molecule has 0 aliphatic carbocycles. The van der Waals surface area contributed by atoms with Crippen LogP contribution in [0.1, 0.15) is 19.3 Å². The Kier molecular flexibility index (Phi) is 4.90. The summed E-state index contributed by atoms with van der Waals surface area (Å²) in [5.74, 6) is 1.01. The molecule has 1 atom stereocenters. The standard InChI is InChI=1S/C10H21N3O/c1-14-8-9-4-6-13(7-9)5-2-3-10(11)12/h9H,2-8H2,1H3,(H3,11,12). The fourth-order valence-corrected chi connectivity index (χ4v) is 1.98. The van der Waals surface area contributed by atoms with E-state index >= 15 is 0 Å². The fraction of sp³-hybridized carbons (Fsp3) is 0.900. The quantitative estimate of drug-likeness (QED) is 0.488. The molecular weight excluding hydrogens is 178 g/mol. The van der Waals surface area contributed by atoms with E-state index in [0.29, 0.717) is 11.8 Å². The number of methoxy groups -OCH3 is 1. The van der Waals surface area contributed by atoms with Crippen molar-refractivity contribution in [2.75, 3.05) is 33.4 Å². The Balaban J connectivity index is 2.07. The van der Waals surface area contributed by atoms with Gasteiger partial charge in [-0.3, -0.25) is 5.41 Å². The van der Waals surface area contributed by atoms with Crippen molar-refractivity contribution in [2.45, 2.75) is 19.3 Å². The maximum Gasteiger partial charge on any atom is 0.0905 e. The Morgan fingerprint density at radius 2 is 2.43 bits per heavy atom. The van der Waals surface area contributed by atoms with Gasteiger partial charge < -0.3 is 15.4 Å². The fourth-order valence-electron chi connectivity index (χ4n) is 1.98. The summed E-state index contributed by atoms with van der Waals surface area (Å²) in [7, 11) is 1.76. The minimum atomic E-state index is 0.303. The van der Waals surface area contributed by atoms with Crippen molar-refractivity contribution in [3.8, 4) is 0 Å². The van der Waals surface area contributed by atoms with Crippen molar-refractivity contribution in [3.05, 3.63) is 0 Å². The smallest absolute Gasteiger partial charge is 0.0905 e. The summed E-state index contributed by atoms with van der Waals surface area (Å²) in [5, 5.41) is 7.11. The number of amidine groups is 1. The molecule has 1 unspecified atom stereocenters. The first-order chi connectivity index (χ1) is 6.72. The summed E-state index contributed by atoms with van der Waals surface area (Å²) in [4.78, 5) is 2.44. The van der Waals surface area contributed by atoms with Gasteiger partial charge in [-0.15, -0.1) is 0 Å². The van der Waals surface area contributed by atoms with Crippen LogP contribution in [0.25, 0.3) is 0 Å². The molecule has 1 fully saturated rings. The van der Waals surface area contributed by atoms with Gasteiger partial charge in [0, 0.05) is 20.1 Å². The summed E-state index contributed by atoms with van der Waals surface area (Å²) < 4.78 is 5.14. The zero-order chi connectivity index (χ0) is 10.4. The van der Waals surface area contributed by atoms with E-state index in [1.807, 2.05) is 0 Å². The van der Waals surface area contributed by atoms with E-state index in [1.165, 1.54) is 13.0 Å². The van der Waals surface area contributed by atoms with Crippen molar-refractivity contribution in [1.29, 1.82) is 5.41 Å². The lowest BCUT2D eigenvalue weighted by Crippen LogP contribution is -2.24. The summed E-state index contributed by atoms with van der Waals surface area (Å²) in [6.07, 6.45) is 2.98. The molecule has 82 valence electrons. The van der Waals surface area contributed by atoms with Gasteiger partial charge in [-0.1, -0.05) is 0 Å². The van der Waals surface area contributed by atoms with Gasteiger partial charge in [0.2, 0.25) is 0 Å². The molecule has 14 heavy (non-hydrogen) atoms. The second-order valence-corrected chi connectivity index (χ2v) is 4.04. The van der Waals surface area contributed by atoms with Crippen LogP contribution in [0.2, 0.25) is 0 Å². The summed E-state index contributed by atoms with van der Waals surface area (Å²) in [6, 6.07) is 0. The lowest BCUT2D eigenvalue weighted by Gasteiger charge is -2.15. The predicted octanol–water partition coefficient (Wildman–Crippen LogP) is 0.671. The molecule has 1 aliphatic heterocycles. The first kappa shape index (κ1) is 11.5. The summed E-state index contributed by atoms with van der Waals surface area (Å²) in [5.41, 5.74) is 5.30. The molecule has 3 N–H and O–H groups in total. The predicted molar refractivity (Wildman–Crippen MR) is 57.6 cm³/mol. The zero-order valence-electron chi connectivity index (χ0n) is 8.96. The highest BCUT2D eigenvalue weighted by atomic mass is 16.5. The largest absolute Gasteiger partial charge is 0.388 e. The van der Waals surface area contributed by atoms with Gasteiger partial charge in [0.1, 0.15) is 0 Å². The molecule has 0 amide bonds. The highest BCUT2D eigenvalue weighted by molar-refractivity contribution is 5.76. The van der Waals surface area contributed by atoms with Crippen LogP contribution in [-0.2, 0) is 4.74 Å². The molecule has 0 aromatic rings. The van der Waals surface area contributed by atoms with Gasteiger partial charge in [0.25, 0.3) is 0 Å². The second-order valence-electron chi connectivity index (χ2n) is 4.04. The molecule has 1 rings (SSSR count). The van der Waals surface area contributed by atoms with E-state index in [9.17, 15) is 0 Å². The molecule has 0 saturated carbocycles. The van der Waals surface area contributed by atoms with Crippen LogP contribution in [-0.4, -0.2) is 44.1 Å². The van der Waals surface area contributed by atoms with E-state index in [0.717, 1.165) is 32.5 Å². The number of hydrogen-bond acceptors (Lipinski definition) is 3. The third kappa shape index (κ3) is 4.07. The Labute approximate surface area is 85.9 Å². The number of rotatable bonds is 6. The van der Waals surface area contributed by atoms with Gasteiger partial charge >= 0.3 is 0 Å². The molecule has 4 heteroatoms. The van der Waals surface area contributed by atoms with Crippen molar-refractivity contribution in [1.82, 2.24) is 4.90 Å². The second kappa shape index (κ2) is 5.98. The van der Waals surface area contributed by atoms with Crippen molar-refractivity contribution in [2.24, 2.45) is 11.7 Å². The molecule has 0 bridgehead atoms. The molecule has 0 radical (unpaired) electrons. The van der Waals surface area contributed by atoms with Crippen LogP contribution in [0.3, 0.4) is 0 Å². The van der Waals surface area contributed by atoms with Crippen LogP contribution in [0.15, 0.2) is 0 Å². The number of nitrogens with one attached hydrogen (secondary N) is 1. The SMILES string of the molecule is COCC1CCN(CCCC(=N)N)C1. The number of hydrogen-bond donors (Lipinski definition) is 2. The van der Waals surface area contributed by atoms with E-state index in [1.54, 1.807) is 7.11 Å². The number of likely N-dealkylation sites (tertiary alicyclic amines) is 1. The van der Waals surface area contributed by atoms with E-state index in [-0.39, 0.29) is 0 Å². The first-order valence-corrected chi connectivity index (χ1v) is 5.26. The molecule has 0 aromatic carbocycles. The molecule has 1 aliphatic rings. The topological polar surface area (TPSA) is 62.3 Å². The van der Waals surface area contributed by atoms with Crippen LogP contribution in [0, 0.1) is 11.3 Å². The van der Waals surface area contributed by atoms with E-state index in [4.69, 9.17) is 15.9 Å². The van der Waals surface area contributed by atoms with Crippen molar-refractivity contribution >= 4 is 5.84 Å². The molecule has 0 spiro atoms. The Morgan fingerprint density at radius 1 is 1.64 bits per heavy atom. The van der Waals surface area contributed by atoms with Gasteiger partial charge in [0.05, 0.1) is 12.4 Å². The third-order valence-electron chi connectivity index (χ3n) is 2.69. The van der Waals surface area contributed by atoms with Crippen molar-refractivity contribution < 1.29 is 4.74 Å². The zero-order valence-corrected chi connectivity index (χ0v) is 8.96. The minimum Gasteiger partial charge on any atom is -0.388 e. The Morgan fingerprint density at radius 3 is 3.07 bits per heavy atom. The van der Waals surface area contributed by atoms with Crippen LogP contribution in [0.4, 0.5) is 0 Å². The molecule has 4 nitrogen and oxygen atoms in total. The lowest BCUT2D eigenvalue weighted by atomic mass is 10.1. The van der Waals surface area contributed by atoms with Crippen LogP contribution >= 0.6 is 0 Å². The van der Waals surface area contributed by atoms with E-state index < -0.39 is 0 Å². The highest BCUT2D eigenvalue weighted by Crippen LogP contribution is 2.16. The molecule has 1 saturated heterocycles. The normalized spacial score (nSPS) is 22.8. The molecule has 1 heterocycles. The minimum absolute atomic E-state index is 0.303. The molecular formula is C10H21N3O. The Bertz CT molecular complexity index is 184.